The van der Waals surface area contributed by atoms with Gasteiger partial charge < -0.3 is 5.32 Å². The Morgan fingerprint density at radius 2 is 1.82 bits per heavy atom. The molecule has 1 aromatic carbocycles. The Labute approximate surface area is 106 Å². The van der Waals surface area contributed by atoms with Crippen LogP contribution in [0.1, 0.15) is 44.7 Å². The van der Waals surface area contributed by atoms with Crippen molar-refractivity contribution in [1.29, 1.82) is 0 Å². The van der Waals surface area contributed by atoms with Gasteiger partial charge in [-0.15, -0.1) is 0 Å². The van der Waals surface area contributed by atoms with E-state index in [4.69, 9.17) is 0 Å². The van der Waals surface area contributed by atoms with E-state index in [1.807, 2.05) is 0 Å². The first-order chi connectivity index (χ1) is 8.30. The van der Waals surface area contributed by atoms with E-state index in [-0.39, 0.29) is 0 Å². The fourth-order valence-corrected chi connectivity index (χ4v) is 1.79. The highest BCUT2D eigenvalue weighted by Crippen LogP contribution is 2.11. The van der Waals surface area contributed by atoms with Gasteiger partial charge in [0.1, 0.15) is 0 Å². The maximum absolute atomic E-state index is 3.46. The lowest BCUT2D eigenvalue weighted by molar-refractivity contribution is 0.706. The van der Waals surface area contributed by atoms with Crippen LogP contribution in [0.5, 0.6) is 0 Å². The summed E-state index contributed by atoms with van der Waals surface area (Å²) < 4.78 is 0. The second kappa shape index (κ2) is 8.08. The molecule has 0 bridgehead atoms. The van der Waals surface area contributed by atoms with Crippen molar-refractivity contribution in [3.8, 4) is 0 Å². The molecule has 0 spiro atoms. The summed E-state index contributed by atoms with van der Waals surface area (Å²) in [5, 5.41) is 3.46. The summed E-state index contributed by atoms with van der Waals surface area (Å²) in [4.78, 5) is 0. The zero-order valence-corrected chi connectivity index (χ0v) is 11.4. The van der Waals surface area contributed by atoms with Crippen LogP contribution >= 0.6 is 0 Å². The summed E-state index contributed by atoms with van der Waals surface area (Å²) in [6.07, 6.45) is 5.74. The summed E-state index contributed by atoms with van der Waals surface area (Å²) >= 11 is 0. The molecular formula is C16H25N. The van der Waals surface area contributed by atoms with E-state index >= 15 is 0 Å². The third-order valence-corrected chi connectivity index (χ3v) is 2.99. The zero-order chi connectivity index (χ0) is 12.5. The average molecular weight is 231 g/mol. The summed E-state index contributed by atoms with van der Waals surface area (Å²) in [5.74, 6) is 0. The van der Waals surface area contributed by atoms with Gasteiger partial charge in [-0.3, -0.25) is 0 Å². The van der Waals surface area contributed by atoms with E-state index in [2.05, 4.69) is 56.4 Å². The number of rotatable bonds is 7. The number of aryl methyl sites for hydroxylation is 1. The van der Waals surface area contributed by atoms with Crippen LogP contribution in [-0.4, -0.2) is 13.1 Å². The third kappa shape index (κ3) is 5.18. The molecule has 1 heteroatoms. The van der Waals surface area contributed by atoms with E-state index in [9.17, 15) is 0 Å². The lowest BCUT2D eigenvalue weighted by atomic mass is 10.1. The minimum Gasteiger partial charge on any atom is -0.313 e. The molecule has 0 aliphatic heterocycles. The van der Waals surface area contributed by atoms with Gasteiger partial charge in [-0.2, -0.15) is 0 Å². The molecule has 0 aliphatic rings. The fraction of sp³-hybridized carbons (Fsp3) is 0.500. The van der Waals surface area contributed by atoms with Gasteiger partial charge in [0.2, 0.25) is 0 Å². The highest BCUT2D eigenvalue weighted by atomic mass is 14.8. The normalized spacial score (nSPS) is 11.8. The molecule has 0 saturated heterocycles. The average Bonchev–Trinajstić information content (AvgIpc) is 2.38. The highest BCUT2D eigenvalue weighted by molar-refractivity contribution is 5.53. The third-order valence-electron chi connectivity index (χ3n) is 2.99. The van der Waals surface area contributed by atoms with E-state index in [0.717, 1.165) is 25.9 Å². The first kappa shape index (κ1) is 14.0. The first-order valence-electron chi connectivity index (χ1n) is 6.79. The maximum Gasteiger partial charge on any atom is 0.0167 e. The van der Waals surface area contributed by atoms with Crippen LogP contribution in [-0.2, 0) is 6.42 Å². The molecule has 0 fully saturated rings. The largest absolute Gasteiger partial charge is 0.313 e. The number of hydrogen-bond acceptors (Lipinski definition) is 1. The van der Waals surface area contributed by atoms with Crippen LogP contribution in [0.15, 0.2) is 29.8 Å². The highest BCUT2D eigenvalue weighted by Gasteiger charge is 1.95. The number of hydrogen-bond donors (Lipinski definition) is 1. The van der Waals surface area contributed by atoms with Gasteiger partial charge in [0.05, 0.1) is 0 Å². The zero-order valence-electron chi connectivity index (χ0n) is 11.4. The molecule has 1 rings (SSSR count). The predicted molar refractivity (Wildman–Crippen MR) is 77.2 cm³/mol. The molecule has 1 nitrogen and oxygen atoms in total. The Kier molecular flexibility index (Phi) is 6.64. The summed E-state index contributed by atoms with van der Waals surface area (Å²) in [5.41, 5.74) is 4.20. The summed E-state index contributed by atoms with van der Waals surface area (Å²) in [6.45, 7) is 8.73. The Balaban J connectivity index is 2.62. The van der Waals surface area contributed by atoms with Crippen molar-refractivity contribution in [3.63, 3.8) is 0 Å². The lowest BCUT2D eigenvalue weighted by Crippen LogP contribution is -2.17. The molecule has 1 aromatic rings. The van der Waals surface area contributed by atoms with Crippen LogP contribution in [0.3, 0.4) is 0 Å². The van der Waals surface area contributed by atoms with E-state index in [1.54, 1.807) is 0 Å². The van der Waals surface area contributed by atoms with Gasteiger partial charge in [0.15, 0.2) is 0 Å². The van der Waals surface area contributed by atoms with Gasteiger partial charge >= 0.3 is 0 Å². The molecular weight excluding hydrogens is 206 g/mol. The number of benzene rings is 1. The molecule has 0 radical (unpaired) electrons. The van der Waals surface area contributed by atoms with Gasteiger partial charge in [-0.1, -0.05) is 56.7 Å². The Bertz CT molecular complexity index is 335. The molecule has 0 unspecified atom stereocenters. The molecule has 1 N–H and O–H groups in total. The Morgan fingerprint density at radius 1 is 1.12 bits per heavy atom. The predicted octanol–water partition coefficient (Wildman–Crippen LogP) is 4.04. The van der Waals surface area contributed by atoms with Gasteiger partial charge in [-0.05, 0) is 36.9 Å². The van der Waals surface area contributed by atoms with Crippen LogP contribution in [0, 0.1) is 0 Å². The quantitative estimate of drug-likeness (QED) is 0.698. The van der Waals surface area contributed by atoms with Crippen molar-refractivity contribution < 1.29 is 0 Å². The molecule has 0 atom stereocenters. The minimum atomic E-state index is 1.01. The van der Waals surface area contributed by atoms with Crippen LogP contribution < -0.4 is 5.32 Å². The Hall–Kier alpha value is -1.08. The number of nitrogens with one attached hydrogen (secondary N) is 1. The molecule has 94 valence electrons. The van der Waals surface area contributed by atoms with E-state index < -0.39 is 0 Å². The fourth-order valence-electron chi connectivity index (χ4n) is 1.79. The van der Waals surface area contributed by atoms with Gasteiger partial charge in [0.25, 0.3) is 0 Å². The van der Waals surface area contributed by atoms with E-state index in [1.165, 1.54) is 23.1 Å². The van der Waals surface area contributed by atoms with Crippen molar-refractivity contribution in [2.45, 2.75) is 40.0 Å². The van der Waals surface area contributed by atoms with Gasteiger partial charge in [-0.25, -0.2) is 0 Å². The smallest absolute Gasteiger partial charge is 0.0167 e. The summed E-state index contributed by atoms with van der Waals surface area (Å²) in [7, 11) is 0. The summed E-state index contributed by atoms with van der Waals surface area (Å²) in [6, 6.07) is 8.87. The second-order valence-electron chi connectivity index (χ2n) is 4.43. The van der Waals surface area contributed by atoms with Crippen molar-refractivity contribution in [3.05, 3.63) is 41.0 Å². The second-order valence-corrected chi connectivity index (χ2v) is 4.43. The molecule has 0 heterocycles. The van der Waals surface area contributed by atoms with Crippen LogP contribution in [0.2, 0.25) is 0 Å². The molecule has 0 aliphatic carbocycles. The maximum atomic E-state index is 3.46. The van der Waals surface area contributed by atoms with Crippen molar-refractivity contribution >= 4 is 6.08 Å². The van der Waals surface area contributed by atoms with Crippen molar-refractivity contribution in [2.24, 2.45) is 0 Å². The first-order valence-corrected chi connectivity index (χ1v) is 6.79. The monoisotopic (exact) mass is 231 g/mol. The van der Waals surface area contributed by atoms with Crippen LogP contribution in [0.25, 0.3) is 6.08 Å². The molecule has 0 saturated carbocycles. The van der Waals surface area contributed by atoms with Gasteiger partial charge in [0, 0.05) is 6.54 Å². The molecule has 17 heavy (non-hydrogen) atoms. The topological polar surface area (TPSA) is 12.0 Å². The lowest BCUT2D eigenvalue weighted by Gasteiger charge is -2.06. The van der Waals surface area contributed by atoms with Crippen molar-refractivity contribution in [1.82, 2.24) is 5.32 Å². The van der Waals surface area contributed by atoms with Crippen molar-refractivity contribution in [2.75, 3.05) is 13.1 Å². The standard InChI is InChI=1S/C16H25N/c1-4-11-17-13-15(6-3)12-16-9-7-14(5-2)8-10-16/h7-10,12,17H,4-6,11,13H2,1-3H3. The Morgan fingerprint density at radius 3 is 2.35 bits per heavy atom. The SMILES string of the molecule is CCCNCC(=Cc1ccc(CC)cc1)CC. The van der Waals surface area contributed by atoms with E-state index in [0.29, 0.717) is 0 Å². The molecule has 0 aromatic heterocycles. The molecule has 0 amide bonds. The minimum absolute atomic E-state index is 1.01. The van der Waals surface area contributed by atoms with Crippen LogP contribution in [0.4, 0.5) is 0 Å².